The average molecular weight is 421 g/mol. The van der Waals surface area contributed by atoms with E-state index < -0.39 is 6.83 Å². The normalized spacial score (nSPS) is 21.9. The zero-order chi connectivity index (χ0) is 20.6. The standard InChI is InChI=1S/C25H38ClOP/c1-6-11-18-28(19-12-7-2,20-13-8-3)24(10-5)23(9-4)25(27-28)21-14-16-22(26)17-15-21/h9-10,14-17,25H,4-8,11-13,18-20H2,1-3H3/t25-/m0/s1. The summed E-state index contributed by atoms with van der Waals surface area (Å²) >= 11 is 6.15. The van der Waals surface area contributed by atoms with Crippen LogP contribution in [0.2, 0.25) is 5.02 Å². The summed E-state index contributed by atoms with van der Waals surface area (Å²) in [4.78, 5) is 0. The van der Waals surface area contributed by atoms with Crippen molar-refractivity contribution in [1.82, 2.24) is 0 Å². The minimum absolute atomic E-state index is 0.0500. The fourth-order valence-electron chi connectivity index (χ4n) is 4.72. The van der Waals surface area contributed by atoms with E-state index in [9.17, 15) is 0 Å². The van der Waals surface area contributed by atoms with Crippen molar-refractivity contribution in [3.63, 3.8) is 0 Å². The van der Waals surface area contributed by atoms with Crippen molar-refractivity contribution in [3.8, 4) is 0 Å². The number of benzene rings is 1. The molecule has 0 radical (unpaired) electrons. The van der Waals surface area contributed by atoms with Gasteiger partial charge in [0, 0.05) is 0 Å². The molecular weight excluding hydrogens is 383 g/mol. The number of rotatable bonds is 12. The SMILES string of the molecule is C=CC1=C(C=C)P(CCCC)(CCCC)(CCCC)O[C@H]1c1ccc(Cl)cc1. The summed E-state index contributed by atoms with van der Waals surface area (Å²) in [5.41, 5.74) is 2.41. The quantitative estimate of drug-likeness (QED) is 0.306. The van der Waals surface area contributed by atoms with Crippen LogP contribution in [0.3, 0.4) is 0 Å². The molecule has 0 amide bonds. The molecule has 1 atom stereocenters. The number of hydrogen-bond donors (Lipinski definition) is 0. The molecular formula is C25H38ClOP. The van der Waals surface area contributed by atoms with Crippen LogP contribution in [-0.4, -0.2) is 18.5 Å². The van der Waals surface area contributed by atoms with Crippen LogP contribution in [0.25, 0.3) is 0 Å². The molecule has 1 heterocycles. The van der Waals surface area contributed by atoms with Crippen LogP contribution in [0.15, 0.2) is 60.5 Å². The van der Waals surface area contributed by atoms with Crippen molar-refractivity contribution < 1.29 is 4.52 Å². The summed E-state index contributed by atoms with van der Waals surface area (Å²) in [5, 5.41) is 2.16. The summed E-state index contributed by atoms with van der Waals surface area (Å²) in [6.45, 7) is 12.7. The number of allylic oxidation sites excluding steroid dienone is 2. The van der Waals surface area contributed by atoms with Gasteiger partial charge in [-0.05, 0) is 0 Å². The Labute approximate surface area is 177 Å². The first-order chi connectivity index (χ1) is 13.5. The first-order valence-electron chi connectivity index (χ1n) is 10.9. The summed E-state index contributed by atoms with van der Waals surface area (Å²) < 4.78 is 7.35. The predicted molar refractivity (Wildman–Crippen MR) is 129 cm³/mol. The van der Waals surface area contributed by atoms with Crippen LogP contribution in [-0.2, 0) is 4.52 Å². The zero-order valence-electron chi connectivity index (χ0n) is 18.1. The van der Waals surface area contributed by atoms with E-state index in [1.807, 2.05) is 18.2 Å². The maximum atomic E-state index is 7.35. The van der Waals surface area contributed by atoms with E-state index in [-0.39, 0.29) is 6.10 Å². The molecule has 2 rings (SSSR count). The van der Waals surface area contributed by atoms with Gasteiger partial charge in [-0.15, -0.1) is 0 Å². The van der Waals surface area contributed by atoms with Gasteiger partial charge in [0.1, 0.15) is 0 Å². The Balaban J connectivity index is 2.67. The van der Waals surface area contributed by atoms with Gasteiger partial charge in [-0.1, -0.05) is 0 Å². The Kier molecular flexibility index (Phi) is 8.56. The van der Waals surface area contributed by atoms with Crippen LogP contribution < -0.4 is 0 Å². The molecule has 0 spiro atoms. The maximum absolute atomic E-state index is 7.35. The molecule has 0 saturated carbocycles. The Morgan fingerprint density at radius 3 is 1.79 bits per heavy atom. The summed E-state index contributed by atoms with van der Waals surface area (Å²) in [6, 6.07) is 8.14. The first kappa shape index (κ1) is 23.4. The van der Waals surface area contributed by atoms with Crippen LogP contribution in [0.5, 0.6) is 0 Å². The second-order valence-corrected chi connectivity index (χ2v) is 13.9. The fourth-order valence-corrected chi connectivity index (χ4v) is 11.9. The molecule has 0 saturated heterocycles. The third-order valence-corrected chi connectivity index (χ3v) is 13.0. The molecule has 1 aromatic carbocycles. The van der Waals surface area contributed by atoms with E-state index in [2.05, 4.69) is 52.1 Å². The van der Waals surface area contributed by atoms with E-state index in [0.29, 0.717) is 0 Å². The van der Waals surface area contributed by atoms with Crippen molar-refractivity contribution in [2.24, 2.45) is 0 Å². The number of hydrogen-bond acceptors (Lipinski definition) is 1. The van der Waals surface area contributed by atoms with Crippen molar-refractivity contribution in [1.29, 1.82) is 0 Å². The third-order valence-electron chi connectivity index (χ3n) is 6.25. The van der Waals surface area contributed by atoms with Crippen LogP contribution >= 0.6 is 18.4 Å². The minimum atomic E-state index is -2.56. The van der Waals surface area contributed by atoms with Crippen LogP contribution in [0, 0.1) is 0 Å². The second-order valence-electron chi connectivity index (χ2n) is 8.14. The van der Waals surface area contributed by atoms with Gasteiger partial charge in [0.05, 0.1) is 0 Å². The third kappa shape index (κ3) is 4.48. The molecule has 0 N–H and O–H groups in total. The van der Waals surface area contributed by atoms with E-state index in [0.717, 1.165) is 5.02 Å². The van der Waals surface area contributed by atoms with Gasteiger partial charge >= 0.3 is 178 Å². The number of unbranched alkanes of at least 4 members (excludes halogenated alkanes) is 3. The van der Waals surface area contributed by atoms with E-state index in [1.165, 1.54) is 73.5 Å². The molecule has 0 unspecified atom stereocenters. The zero-order valence-corrected chi connectivity index (χ0v) is 19.7. The molecule has 3 heteroatoms. The molecule has 1 aromatic rings. The van der Waals surface area contributed by atoms with E-state index in [4.69, 9.17) is 16.1 Å². The molecule has 1 aliphatic rings. The van der Waals surface area contributed by atoms with Crippen LogP contribution in [0.1, 0.15) is 71.0 Å². The number of halogens is 1. The predicted octanol–water partition coefficient (Wildman–Crippen LogP) is 8.91. The molecule has 0 aromatic heterocycles. The van der Waals surface area contributed by atoms with Gasteiger partial charge in [-0.25, -0.2) is 0 Å². The van der Waals surface area contributed by atoms with Gasteiger partial charge < -0.3 is 0 Å². The molecule has 156 valence electrons. The van der Waals surface area contributed by atoms with Gasteiger partial charge in [-0.2, -0.15) is 0 Å². The average Bonchev–Trinajstić information content (AvgIpc) is 3.00. The van der Waals surface area contributed by atoms with Gasteiger partial charge in [0.2, 0.25) is 0 Å². The second kappa shape index (κ2) is 10.2. The van der Waals surface area contributed by atoms with Crippen molar-refractivity contribution in [2.75, 3.05) is 18.5 Å². The van der Waals surface area contributed by atoms with E-state index in [1.54, 1.807) is 0 Å². The molecule has 1 nitrogen and oxygen atoms in total. The summed E-state index contributed by atoms with van der Waals surface area (Å²) in [5.74, 6) is 0. The van der Waals surface area contributed by atoms with E-state index >= 15 is 0 Å². The van der Waals surface area contributed by atoms with Crippen LogP contribution in [0.4, 0.5) is 0 Å². The first-order valence-corrected chi connectivity index (χ1v) is 14.0. The fraction of sp³-hybridized carbons (Fsp3) is 0.520. The molecule has 0 fully saturated rings. The Hall–Kier alpha value is -0.880. The Morgan fingerprint density at radius 1 is 0.893 bits per heavy atom. The monoisotopic (exact) mass is 420 g/mol. The molecule has 1 aliphatic heterocycles. The van der Waals surface area contributed by atoms with Crippen molar-refractivity contribution in [3.05, 3.63) is 71.0 Å². The summed E-state index contributed by atoms with van der Waals surface area (Å²) in [7, 11) is 0. The molecule has 0 aliphatic carbocycles. The molecule has 28 heavy (non-hydrogen) atoms. The molecule has 0 bridgehead atoms. The summed E-state index contributed by atoms with van der Waals surface area (Å²) in [6.07, 6.45) is 14.8. The Morgan fingerprint density at radius 2 is 1.39 bits per heavy atom. The van der Waals surface area contributed by atoms with Gasteiger partial charge in [0.15, 0.2) is 0 Å². The topological polar surface area (TPSA) is 9.23 Å². The van der Waals surface area contributed by atoms with Crippen molar-refractivity contribution >= 4 is 18.4 Å². The Bertz CT molecular complexity index is 679. The van der Waals surface area contributed by atoms with Gasteiger partial charge in [0.25, 0.3) is 0 Å². The van der Waals surface area contributed by atoms with Crippen molar-refractivity contribution in [2.45, 2.75) is 65.4 Å². The van der Waals surface area contributed by atoms with Gasteiger partial charge in [-0.3, -0.25) is 0 Å².